The maximum absolute atomic E-state index is 4.32. The Balaban J connectivity index is 2.08. The molecule has 1 atom stereocenters. The van der Waals surface area contributed by atoms with Crippen molar-refractivity contribution in [2.24, 2.45) is 0 Å². The molecule has 0 aliphatic carbocycles. The van der Waals surface area contributed by atoms with E-state index in [1.54, 1.807) is 0 Å². The number of pyridine rings is 1. The van der Waals surface area contributed by atoms with E-state index in [0.29, 0.717) is 0 Å². The zero-order chi connectivity index (χ0) is 14.4. The summed E-state index contributed by atoms with van der Waals surface area (Å²) >= 11 is 0. The summed E-state index contributed by atoms with van der Waals surface area (Å²) < 4.78 is 0. The van der Waals surface area contributed by atoms with Gasteiger partial charge in [0.1, 0.15) is 5.82 Å². The summed E-state index contributed by atoms with van der Waals surface area (Å²) in [6.07, 6.45) is 2.93. The van der Waals surface area contributed by atoms with Crippen molar-refractivity contribution >= 4 is 11.5 Å². The number of hydrogen-bond acceptors (Lipinski definition) is 3. The van der Waals surface area contributed by atoms with Gasteiger partial charge in [0.15, 0.2) is 0 Å². The molecule has 1 heterocycles. The Labute approximate surface area is 121 Å². The number of nitrogens with one attached hydrogen (secondary N) is 2. The summed E-state index contributed by atoms with van der Waals surface area (Å²) in [4.78, 5) is 4.32. The van der Waals surface area contributed by atoms with Gasteiger partial charge < -0.3 is 10.6 Å². The maximum atomic E-state index is 4.32. The third-order valence-corrected chi connectivity index (χ3v) is 3.35. The molecule has 0 spiro atoms. The Hall–Kier alpha value is -2.03. The first-order valence-corrected chi connectivity index (χ1v) is 7.22. The minimum atomic E-state index is 0.276. The lowest BCUT2D eigenvalue weighted by atomic mass is 10.0. The molecule has 2 rings (SSSR count). The van der Waals surface area contributed by atoms with Gasteiger partial charge in [0.2, 0.25) is 0 Å². The Kier molecular flexibility index (Phi) is 4.99. The van der Waals surface area contributed by atoms with Crippen LogP contribution in [0, 0.1) is 6.92 Å². The van der Waals surface area contributed by atoms with Crippen molar-refractivity contribution in [1.82, 2.24) is 4.98 Å². The van der Waals surface area contributed by atoms with Gasteiger partial charge in [0, 0.05) is 30.5 Å². The highest BCUT2D eigenvalue weighted by atomic mass is 15.0. The summed E-state index contributed by atoms with van der Waals surface area (Å²) in [5.41, 5.74) is 3.73. The first-order valence-electron chi connectivity index (χ1n) is 7.22. The summed E-state index contributed by atoms with van der Waals surface area (Å²) in [5, 5.41) is 6.84. The minimum absolute atomic E-state index is 0.276. The molecular formula is C17H23N3. The van der Waals surface area contributed by atoms with Crippen molar-refractivity contribution in [1.29, 1.82) is 0 Å². The molecule has 0 bridgehead atoms. The number of anilines is 2. The molecule has 1 aromatic carbocycles. The van der Waals surface area contributed by atoms with Crippen LogP contribution in [0.4, 0.5) is 11.5 Å². The molecule has 0 amide bonds. The summed E-state index contributed by atoms with van der Waals surface area (Å²) in [6, 6.07) is 12.8. The second-order valence-corrected chi connectivity index (χ2v) is 5.08. The fourth-order valence-electron chi connectivity index (χ4n) is 2.27. The Morgan fingerprint density at radius 3 is 2.75 bits per heavy atom. The van der Waals surface area contributed by atoms with Gasteiger partial charge in [0.25, 0.3) is 0 Å². The summed E-state index contributed by atoms with van der Waals surface area (Å²) in [6.45, 7) is 7.43. The molecule has 2 N–H and O–H groups in total. The lowest BCUT2D eigenvalue weighted by Gasteiger charge is -2.18. The molecule has 106 valence electrons. The molecule has 0 aliphatic rings. The van der Waals surface area contributed by atoms with E-state index in [1.807, 2.05) is 12.3 Å². The Morgan fingerprint density at radius 2 is 2.00 bits per heavy atom. The molecule has 1 unspecified atom stereocenters. The number of aromatic nitrogens is 1. The SMILES string of the molecule is CCCNc1cc(NC(C)c2ccccc2C)ccn1. The fourth-order valence-corrected chi connectivity index (χ4v) is 2.27. The molecule has 0 fully saturated rings. The van der Waals surface area contributed by atoms with E-state index < -0.39 is 0 Å². The minimum Gasteiger partial charge on any atom is -0.378 e. The number of hydrogen-bond donors (Lipinski definition) is 2. The highest BCUT2D eigenvalue weighted by Gasteiger charge is 2.07. The lowest BCUT2D eigenvalue weighted by Crippen LogP contribution is -2.09. The largest absolute Gasteiger partial charge is 0.378 e. The Bertz CT molecular complexity index is 551. The number of rotatable bonds is 6. The van der Waals surface area contributed by atoms with Crippen molar-refractivity contribution in [2.75, 3.05) is 17.2 Å². The molecule has 3 nitrogen and oxygen atoms in total. The van der Waals surface area contributed by atoms with E-state index in [-0.39, 0.29) is 6.04 Å². The third kappa shape index (κ3) is 3.73. The normalized spacial score (nSPS) is 11.9. The molecule has 2 aromatic rings. The number of aryl methyl sites for hydroxylation is 1. The quantitative estimate of drug-likeness (QED) is 0.817. The van der Waals surface area contributed by atoms with Crippen LogP contribution in [-0.2, 0) is 0 Å². The topological polar surface area (TPSA) is 37.0 Å². The first-order chi connectivity index (χ1) is 9.70. The van der Waals surface area contributed by atoms with Gasteiger partial charge >= 0.3 is 0 Å². The second kappa shape index (κ2) is 6.94. The molecule has 0 saturated carbocycles. The monoisotopic (exact) mass is 269 g/mol. The van der Waals surface area contributed by atoms with Crippen LogP contribution in [0.15, 0.2) is 42.6 Å². The predicted molar refractivity (Wildman–Crippen MR) is 86.2 cm³/mol. The van der Waals surface area contributed by atoms with Gasteiger partial charge in [-0.15, -0.1) is 0 Å². The van der Waals surface area contributed by atoms with Crippen molar-refractivity contribution < 1.29 is 0 Å². The van der Waals surface area contributed by atoms with Crippen LogP contribution in [-0.4, -0.2) is 11.5 Å². The zero-order valence-corrected chi connectivity index (χ0v) is 12.5. The van der Waals surface area contributed by atoms with E-state index in [2.05, 4.69) is 66.7 Å². The molecule has 3 heteroatoms. The van der Waals surface area contributed by atoms with Gasteiger partial charge in [-0.05, 0) is 37.5 Å². The van der Waals surface area contributed by atoms with Gasteiger partial charge in [-0.2, -0.15) is 0 Å². The zero-order valence-electron chi connectivity index (χ0n) is 12.5. The molecule has 0 aliphatic heterocycles. The van der Waals surface area contributed by atoms with E-state index in [9.17, 15) is 0 Å². The highest BCUT2D eigenvalue weighted by molar-refractivity contribution is 5.53. The fraction of sp³-hybridized carbons (Fsp3) is 0.353. The average molecular weight is 269 g/mol. The van der Waals surface area contributed by atoms with Crippen LogP contribution < -0.4 is 10.6 Å². The van der Waals surface area contributed by atoms with Gasteiger partial charge in [-0.1, -0.05) is 31.2 Å². The van der Waals surface area contributed by atoms with Crippen LogP contribution in [0.3, 0.4) is 0 Å². The molecular weight excluding hydrogens is 246 g/mol. The predicted octanol–water partition coefficient (Wildman–Crippen LogP) is 4.39. The van der Waals surface area contributed by atoms with Crippen molar-refractivity contribution in [3.63, 3.8) is 0 Å². The maximum Gasteiger partial charge on any atom is 0.127 e. The molecule has 1 aromatic heterocycles. The summed E-state index contributed by atoms with van der Waals surface area (Å²) in [7, 11) is 0. The number of nitrogens with zero attached hydrogens (tertiary/aromatic N) is 1. The van der Waals surface area contributed by atoms with Crippen LogP contribution in [0.5, 0.6) is 0 Å². The third-order valence-electron chi connectivity index (χ3n) is 3.35. The second-order valence-electron chi connectivity index (χ2n) is 5.08. The van der Waals surface area contributed by atoms with Gasteiger partial charge in [0.05, 0.1) is 0 Å². The van der Waals surface area contributed by atoms with Crippen LogP contribution in [0.25, 0.3) is 0 Å². The average Bonchev–Trinajstić information content (AvgIpc) is 2.46. The van der Waals surface area contributed by atoms with E-state index in [4.69, 9.17) is 0 Å². The van der Waals surface area contributed by atoms with E-state index >= 15 is 0 Å². The molecule has 0 saturated heterocycles. The van der Waals surface area contributed by atoms with Gasteiger partial charge in [-0.25, -0.2) is 4.98 Å². The van der Waals surface area contributed by atoms with Crippen LogP contribution >= 0.6 is 0 Å². The standard InChI is InChI=1S/C17H23N3/c1-4-10-18-17-12-15(9-11-19-17)20-14(3)16-8-6-5-7-13(16)2/h5-9,11-12,14H,4,10H2,1-3H3,(H2,18,19,20). The van der Waals surface area contributed by atoms with Crippen molar-refractivity contribution in [3.05, 3.63) is 53.7 Å². The van der Waals surface area contributed by atoms with Crippen molar-refractivity contribution in [2.45, 2.75) is 33.2 Å². The van der Waals surface area contributed by atoms with E-state index in [0.717, 1.165) is 24.5 Å². The first kappa shape index (κ1) is 14.4. The van der Waals surface area contributed by atoms with Crippen LogP contribution in [0.1, 0.15) is 37.4 Å². The smallest absolute Gasteiger partial charge is 0.127 e. The van der Waals surface area contributed by atoms with Crippen molar-refractivity contribution in [3.8, 4) is 0 Å². The highest BCUT2D eigenvalue weighted by Crippen LogP contribution is 2.22. The van der Waals surface area contributed by atoms with E-state index in [1.165, 1.54) is 11.1 Å². The lowest BCUT2D eigenvalue weighted by molar-refractivity contribution is 0.873. The Morgan fingerprint density at radius 1 is 1.20 bits per heavy atom. The van der Waals surface area contributed by atoms with Gasteiger partial charge in [-0.3, -0.25) is 0 Å². The molecule has 0 radical (unpaired) electrons. The molecule has 20 heavy (non-hydrogen) atoms. The number of benzene rings is 1. The van der Waals surface area contributed by atoms with Crippen LogP contribution in [0.2, 0.25) is 0 Å². The summed E-state index contributed by atoms with van der Waals surface area (Å²) in [5.74, 6) is 0.925.